The Morgan fingerprint density at radius 3 is 2.67 bits per heavy atom. The highest BCUT2D eigenvalue weighted by Crippen LogP contribution is 2.23. The van der Waals surface area contributed by atoms with Crippen LogP contribution in [0.15, 0.2) is 22.9 Å². The Hall–Kier alpha value is -1.30. The fraction of sp³-hybridized carbons (Fsp3) is 0.600. The third-order valence-electron chi connectivity index (χ3n) is 3.30. The lowest BCUT2D eigenvalue weighted by atomic mass is 10.1. The van der Waals surface area contributed by atoms with Crippen LogP contribution in [0.1, 0.15) is 27.7 Å². The average Bonchev–Trinajstić information content (AvgIpc) is 2.36. The number of carbonyl (C=O) groups excluding carboxylic acids is 1. The summed E-state index contributed by atoms with van der Waals surface area (Å²) in [6.07, 6.45) is 3.39. The smallest absolute Gasteiger partial charge is 0.410 e. The van der Waals surface area contributed by atoms with Gasteiger partial charge in [-0.1, -0.05) is 0 Å². The second-order valence-corrected chi connectivity index (χ2v) is 7.25. The summed E-state index contributed by atoms with van der Waals surface area (Å²) in [6.45, 7) is 9.86. The monoisotopic (exact) mass is 355 g/mol. The van der Waals surface area contributed by atoms with Gasteiger partial charge in [-0.25, -0.2) is 4.79 Å². The highest BCUT2D eigenvalue weighted by Gasteiger charge is 2.30. The van der Waals surface area contributed by atoms with Gasteiger partial charge in [0.05, 0.1) is 11.9 Å². The fourth-order valence-electron chi connectivity index (χ4n) is 2.39. The summed E-state index contributed by atoms with van der Waals surface area (Å²) in [6, 6.07) is 2.27. The van der Waals surface area contributed by atoms with Crippen LogP contribution in [0.25, 0.3) is 0 Å². The zero-order valence-electron chi connectivity index (χ0n) is 13.0. The average molecular weight is 356 g/mol. The number of rotatable bonds is 1. The molecule has 0 saturated carbocycles. The van der Waals surface area contributed by atoms with Crippen LogP contribution in [0.5, 0.6) is 0 Å². The van der Waals surface area contributed by atoms with Gasteiger partial charge in [-0.05, 0) is 49.7 Å². The van der Waals surface area contributed by atoms with Crippen molar-refractivity contribution in [2.45, 2.75) is 39.3 Å². The molecule has 1 aliphatic rings. The molecule has 0 spiro atoms. The zero-order chi connectivity index (χ0) is 15.6. The molecular formula is C15H22BrN3O2. The van der Waals surface area contributed by atoms with Gasteiger partial charge in [0.1, 0.15) is 5.60 Å². The van der Waals surface area contributed by atoms with E-state index in [9.17, 15) is 4.79 Å². The molecule has 1 amide bonds. The van der Waals surface area contributed by atoms with Crippen molar-refractivity contribution in [3.63, 3.8) is 0 Å². The highest BCUT2D eigenvalue weighted by molar-refractivity contribution is 9.10. The topological polar surface area (TPSA) is 45.7 Å². The second-order valence-electron chi connectivity index (χ2n) is 6.33. The van der Waals surface area contributed by atoms with Crippen LogP contribution in [0, 0.1) is 0 Å². The number of aromatic nitrogens is 1. The molecule has 1 fully saturated rings. The third kappa shape index (κ3) is 4.33. The minimum atomic E-state index is -0.453. The molecule has 2 rings (SSSR count). The van der Waals surface area contributed by atoms with E-state index in [0.29, 0.717) is 13.1 Å². The maximum Gasteiger partial charge on any atom is 0.410 e. The number of hydrogen-bond acceptors (Lipinski definition) is 4. The molecule has 0 N–H and O–H groups in total. The second kappa shape index (κ2) is 6.22. The van der Waals surface area contributed by atoms with Crippen molar-refractivity contribution >= 4 is 27.7 Å². The molecule has 1 atom stereocenters. The highest BCUT2D eigenvalue weighted by atomic mass is 79.9. The van der Waals surface area contributed by atoms with Crippen molar-refractivity contribution in [2.24, 2.45) is 0 Å². The first-order valence-corrected chi connectivity index (χ1v) is 7.91. The van der Waals surface area contributed by atoms with Crippen LogP contribution < -0.4 is 4.90 Å². The molecule has 6 heteroatoms. The lowest BCUT2D eigenvalue weighted by molar-refractivity contribution is 0.0219. The molecule has 0 bridgehead atoms. The molecule has 0 aliphatic carbocycles. The Morgan fingerprint density at radius 1 is 1.38 bits per heavy atom. The number of hydrogen-bond donors (Lipinski definition) is 0. The summed E-state index contributed by atoms with van der Waals surface area (Å²) in [7, 11) is 0. The van der Waals surface area contributed by atoms with Crippen molar-refractivity contribution in [1.29, 1.82) is 0 Å². The molecule has 2 heterocycles. The van der Waals surface area contributed by atoms with E-state index in [1.165, 1.54) is 0 Å². The van der Waals surface area contributed by atoms with Crippen molar-refractivity contribution in [1.82, 2.24) is 9.88 Å². The van der Waals surface area contributed by atoms with Crippen LogP contribution in [0.4, 0.5) is 10.5 Å². The Bertz CT molecular complexity index is 516. The lowest BCUT2D eigenvalue weighted by Gasteiger charge is -2.41. The van der Waals surface area contributed by atoms with Gasteiger partial charge in [0.15, 0.2) is 0 Å². The number of carbonyl (C=O) groups is 1. The quantitative estimate of drug-likeness (QED) is 0.775. The summed E-state index contributed by atoms with van der Waals surface area (Å²) in [5.74, 6) is 0. The van der Waals surface area contributed by atoms with E-state index >= 15 is 0 Å². The minimum Gasteiger partial charge on any atom is -0.444 e. The van der Waals surface area contributed by atoms with E-state index in [0.717, 1.165) is 16.7 Å². The van der Waals surface area contributed by atoms with Crippen LogP contribution in [0.2, 0.25) is 0 Å². The van der Waals surface area contributed by atoms with E-state index in [1.807, 2.05) is 33.0 Å². The third-order valence-corrected chi connectivity index (χ3v) is 3.73. The molecule has 1 saturated heterocycles. The van der Waals surface area contributed by atoms with Crippen molar-refractivity contribution in [2.75, 3.05) is 24.5 Å². The van der Waals surface area contributed by atoms with Gasteiger partial charge < -0.3 is 14.5 Å². The van der Waals surface area contributed by atoms with E-state index in [1.54, 1.807) is 11.1 Å². The molecule has 0 radical (unpaired) electrons. The molecule has 0 unspecified atom stereocenters. The Morgan fingerprint density at radius 2 is 2.10 bits per heavy atom. The molecule has 1 aromatic rings. The number of amides is 1. The zero-order valence-corrected chi connectivity index (χ0v) is 14.6. The first-order valence-electron chi connectivity index (χ1n) is 7.11. The number of anilines is 1. The number of pyridine rings is 1. The van der Waals surface area contributed by atoms with Gasteiger partial charge in [-0.15, -0.1) is 0 Å². The van der Waals surface area contributed by atoms with Gasteiger partial charge in [0.2, 0.25) is 0 Å². The molecule has 21 heavy (non-hydrogen) atoms. The summed E-state index contributed by atoms with van der Waals surface area (Å²) < 4.78 is 6.39. The van der Waals surface area contributed by atoms with Crippen LogP contribution in [-0.4, -0.2) is 47.3 Å². The minimum absolute atomic E-state index is 0.224. The lowest BCUT2D eigenvalue weighted by Crippen LogP contribution is -2.54. The molecule has 1 aliphatic heterocycles. The van der Waals surface area contributed by atoms with Gasteiger partial charge >= 0.3 is 6.09 Å². The van der Waals surface area contributed by atoms with E-state index < -0.39 is 5.60 Å². The van der Waals surface area contributed by atoms with Crippen LogP contribution in [0.3, 0.4) is 0 Å². The SMILES string of the molecule is C[C@H]1CN(C(=O)OC(C)(C)C)CCN1c1cncc(Br)c1. The van der Waals surface area contributed by atoms with E-state index in [-0.39, 0.29) is 12.1 Å². The van der Waals surface area contributed by atoms with Crippen LogP contribution in [-0.2, 0) is 4.74 Å². The van der Waals surface area contributed by atoms with Gasteiger partial charge in [-0.3, -0.25) is 4.98 Å². The first-order chi connectivity index (χ1) is 9.76. The summed E-state index contributed by atoms with van der Waals surface area (Å²) in [5, 5.41) is 0. The Labute approximate surface area is 134 Å². The van der Waals surface area contributed by atoms with E-state index in [4.69, 9.17) is 4.74 Å². The predicted molar refractivity (Wildman–Crippen MR) is 86.6 cm³/mol. The standard InChI is InChI=1S/C15H22BrN3O2/c1-11-10-18(14(20)21-15(2,3)4)5-6-19(11)13-7-12(16)8-17-9-13/h7-9,11H,5-6,10H2,1-4H3/t11-/m0/s1. The van der Waals surface area contributed by atoms with Gasteiger partial charge in [0, 0.05) is 36.3 Å². The summed E-state index contributed by atoms with van der Waals surface area (Å²) in [4.78, 5) is 20.4. The number of nitrogens with zero attached hydrogens (tertiary/aromatic N) is 3. The Kier molecular flexibility index (Phi) is 4.76. The summed E-state index contributed by atoms with van der Waals surface area (Å²) in [5.41, 5.74) is 0.617. The maximum absolute atomic E-state index is 12.1. The van der Waals surface area contributed by atoms with Gasteiger partial charge in [-0.2, -0.15) is 0 Å². The molecule has 0 aromatic carbocycles. The first kappa shape index (κ1) is 16.1. The molecule has 1 aromatic heterocycles. The van der Waals surface area contributed by atoms with Crippen molar-refractivity contribution in [3.8, 4) is 0 Å². The maximum atomic E-state index is 12.1. The number of ether oxygens (including phenoxy) is 1. The number of halogens is 1. The summed E-state index contributed by atoms with van der Waals surface area (Å²) >= 11 is 3.44. The number of piperazine rings is 1. The van der Waals surface area contributed by atoms with Crippen LogP contribution >= 0.6 is 15.9 Å². The predicted octanol–water partition coefficient (Wildman–Crippen LogP) is 3.29. The largest absolute Gasteiger partial charge is 0.444 e. The fourth-order valence-corrected chi connectivity index (χ4v) is 2.74. The van der Waals surface area contributed by atoms with Crippen molar-refractivity contribution < 1.29 is 9.53 Å². The Balaban J connectivity index is 2.01. The van der Waals surface area contributed by atoms with E-state index in [2.05, 4.69) is 32.7 Å². The molecule has 5 nitrogen and oxygen atoms in total. The molecule has 116 valence electrons. The molecular weight excluding hydrogens is 334 g/mol. The van der Waals surface area contributed by atoms with Gasteiger partial charge in [0.25, 0.3) is 0 Å². The van der Waals surface area contributed by atoms with Crippen molar-refractivity contribution in [3.05, 3.63) is 22.9 Å². The normalized spacial score (nSPS) is 19.6.